The molecule has 0 aromatic carbocycles. The van der Waals surface area contributed by atoms with Crippen LogP contribution in [0.2, 0.25) is 0 Å². The maximum Gasteiger partial charge on any atom is 0.306 e. The number of allylic oxidation sites excluding steroid dienone is 2. The highest BCUT2D eigenvalue weighted by Gasteiger charge is 2.13. The highest BCUT2D eigenvalue weighted by atomic mass is 16.5. The van der Waals surface area contributed by atoms with E-state index in [9.17, 15) is 9.59 Å². The molecule has 0 spiro atoms. The zero-order valence-corrected chi connectivity index (χ0v) is 21.3. The molecule has 0 aliphatic rings. The molecule has 1 unspecified atom stereocenters. The van der Waals surface area contributed by atoms with Gasteiger partial charge in [0, 0.05) is 12.8 Å². The van der Waals surface area contributed by atoms with Crippen molar-refractivity contribution in [3.8, 4) is 0 Å². The Labute approximate surface area is 198 Å². The Kier molecular flexibility index (Phi) is 23.3. The number of hydrogen-bond acceptors (Lipinski definition) is 3. The monoisotopic (exact) mass is 452 g/mol. The Morgan fingerprint density at radius 1 is 0.656 bits per heavy atom. The fourth-order valence-electron chi connectivity index (χ4n) is 3.98. The molecule has 0 aromatic heterocycles. The second kappa shape index (κ2) is 24.3. The standard InChI is InChI=1S/C28H52O4/c1-3-5-6-7-8-9-10-11-12-13-14-16-19-23-26(32-28(31)22-4-2)24-20-17-15-18-21-25-27(29)30/h13-14,26H,3-12,15-25H2,1-2H3,(H,29,30)/b14-13-. The van der Waals surface area contributed by atoms with Crippen molar-refractivity contribution < 1.29 is 19.4 Å². The Morgan fingerprint density at radius 3 is 1.81 bits per heavy atom. The van der Waals surface area contributed by atoms with Gasteiger partial charge in [-0.3, -0.25) is 9.59 Å². The van der Waals surface area contributed by atoms with E-state index in [1.807, 2.05) is 6.92 Å². The maximum absolute atomic E-state index is 11.9. The number of esters is 1. The van der Waals surface area contributed by atoms with Crippen LogP contribution in [0.1, 0.15) is 149 Å². The van der Waals surface area contributed by atoms with Crippen molar-refractivity contribution in [1.29, 1.82) is 0 Å². The van der Waals surface area contributed by atoms with Crippen molar-refractivity contribution in [2.45, 2.75) is 155 Å². The molecule has 0 aromatic rings. The number of hydrogen-bond donors (Lipinski definition) is 1. The molecule has 4 heteroatoms. The molecular formula is C28H52O4. The third-order valence-electron chi connectivity index (χ3n) is 5.96. The zero-order chi connectivity index (χ0) is 23.7. The van der Waals surface area contributed by atoms with Crippen molar-refractivity contribution in [3.63, 3.8) is 0 Å². The maximum atomic E-state index is 11.9. The lowest BCUT2D eigenvalue weighted by molar-refractivity contribution is -0.149. The van der Waals surface area contributed by atoms with Gasteiger partial charge in [0.25, 0.3) is 0 Å². The van der Waals surface area contributed by atoms with Crippen LogP contribution in [0.3, 0.4) is 0 Å². The summed E-state index contributed by atoms with van der Waals surface area (Å²) >= 11 is 0. The first-order chi connectivity index (χ1) is 15.6. The minimum atomic E-state index is -0.709. The summed E-state index contributed by atoms with van der Waals surface area (Å²) in [5, 5.41) is 8.68. The molecule has 32 heavy (non-hydrogen) atoms. The van der Waals surface area contributed by atoms with Gasteiger partial charge in [0.05, 0.1) is 0 Å². The van der Waals surface area contributed by atoms with Crippen LogP contribution in [0, 0.1) is 0 Å². The van der Waals surface area contributed by atoms with Crippen LogP contribution in [-0.2, 0) is 14.3 Å². The Balaban J connectivity index is 3.85. The van der Waals surface area contributed by atoms with Gasteiger partial charge in [0.15, 0.2) is 0 Å². The van der Waals surface area contributed by atoms with Crippen molar-refractivity contribution in [2.24, 2.45) is 0 Å². The van der Waals surface area contributed by atoms with Crippen LogP contribution in [0.25, 0.3) is 0 Å². The first-order valence-corrected chi connectivity index (χ1v) is 13.7. The third-order valence-corrected chi connectivity index (χ3v) is 5.96. The molecular weight excluding hydrogens is 400 g/mol. The lowest BCUT2D eigenvalue weighted by Crippen LogP contribution is -2.18. The van der Waals surface area contributed by atoms with Crippen LogP contribution in [0.15, 0.2) is 12.2 Å². The smallest absolute Gasteiger partial charge is 0.306 e. The Bertz CT molecular complexity index is 458. The van der Waals surface area contributed by atoms with E-state index in [1.165, 1.54) is 57.8 Å². The van der Waals surface area contributed by atoms with Gasteiger partial charge < -0.3 is 9.84 Å². The van der Waals surface area contributed by atoms with Gasteiger partial charge in [-0.2, -0.15) is 0 Å². The predicted molar refractivity (Wildman–Crippen MR) is 135 cm³/mol. The third kappa shape index (κ3) is 23.3. The van der Waals surface area contributed by atoms with Gasteiger partial charge in [0.2, 0.25) is 0 Å². The first-order valence-electron chi connectivity index (χ1n) is 13.7. The van der Waals surface area contributed by atoms with Crippen LogP contribution in [0.4, 0.5) is 0 Å². The summed E-state index contributed by atoms with van der Waals surface area (Å²) in [6.07, 6.45) is 27.3. The summed E-state index contributed by atoms with van der Waals surface area (Å²) in [7, 11) is 0. The lowest BCUT2D eigenvalue weighted by Gasteiger charge is -2.17. The molecule has 188 valence electrons. The zero-order valence-electron chi connectivity index (χ0n) is 21.3. The SMILES string of the molecule is CCCCCCCCCC/C=C\CCCC(CCCCCCCC(=O)O)OC(=O)CCC. The van der Waals surface area contributed by atoms with Crippen molar-refractivity contribution in [2.75, 3.05) is 0 Å². The van der Waals surface area contributed by atoms with Gasteiger partial charge in [-0.05, 0) is 57.8 Å². The first kappa shape index (κ1) is 30.7. The molecule has 0 saturated carbocycles. The van der Waals surface area contributed by atoms with Gasteiger partial charge in [-0.25, -0.2) is 0 Å². The van der Waals surface area contributed by atoms with Crippen LogP contribution >= 0.6 is 0 Å². The van der Waals surface area contributed by atoms with E-state index in [4.69, 9.17) is 9.84 Å². The second-order valence-electron chi connectivity index (χ2n) is 9.23. The minimum Gasteiger partial charge on any atom is -0.481 e. The summed E-state index contributed by atoms with van der Waals surface area (Å²) < 4.78 is 5.72. The molecule has 0 aliphatic heterocycles. The molecule has 0 saturated heterocycles. The fraction of sp³-hybridized carbons (Fsp3) is 0.857. The Hall–Kier alpha value is -1.32. The second-order valence-corrected chi connectivity index (χ2v) is 9.23. The summed E-state index contributed by atoms with van der Waals surface area (Å²) in [4.78, 5) is 22.5. The van der Waals surface area contributed by atoms with E-state index in [0.717, 1.165) is 64.2 Å². The largest absolute Gasteiger partial charge is 0.481 e. The summed E-state index contributed by atoms with van der Waals surface area (Å²) in [6, 6.07) is 0. The Morgan fingerprint density at radius 2 is 1.19 bits per heavy atom. The van der Waals surface area contributed by atoms with Crippen LogP contribution < -0.4 is 0 Å². The molecule has 0 radical (unpaired) electrons. The molecule has 0 rings (SSSR count). The number of carbonyl (C=O) groups is 2. The normalized spacial score (nSPS) is 12.3. The topological polar surface area (TPSA) is 63.6 Å². The van der Waals surface area contributed by atoms with E-state index in [2.05, 4.69) is 19.1 Å². The molecule has 0 fully saturated rings. The molecule has 4 nitrogen and oxygen atoms in total. The van der Waals surface area contributed by atoms with Gasteiger partial charge >= 0.3 is 11.9 Å². The van der Waals surface area contributed by atoms with Crippen molar-refractivity contribution >= 4 is 11.9 Å². The van der Waals surface area contributed by atoms with E-state index in [1.54, 1.807) is 0 Å². The predicted octanol–water partition coefficient (Wildman–Crippen LogP) is 8.77. The molecule has 0 amide bonds. The van der Waals surface area contributed by atoms with Crippen molar-refractivity contribution in [1.82, 2.24) is 0 Å². The molecule has 1 N–H and O–H groups in total. The summed E-state index contributed by atoms with van der Waals surface area (Å²) in [5.74, 6) is -0.774. The molecule has 0 aliphatic carbocycles. The molecule has 0 heterocycles. The number of carboxylic acid groups (broad SMARTS) is 1. The summed E-state index contributed by atoms with van der Waals surface area (Å²) in [5.41, 5.74) is 0. The van der Waals surface area contributed by atoms with Crippen LogP contribution in [-0.4, -0.2) is 23.1 Å². The number of ether oxygens (including phenoxy) is 1. The van der Waals surface area contributed by atoms with E-state index in [-0.39, 0.29) is 18.5 Å². The van der Waals surface area contributed by atoms with Gasteiger partial charge in [0.1, 0.15) is 6.10 Å². The number of aliphatic carboxylic acids is 1. The highest BCUT2D eigenvalue weighted by molar-refractivity contribution is 5.69. The van der Waals surface area contributed by atoms with E-state index < -0.39 is 5.97 Å². The fourth-order valence-corrected chi connectivity index (χ4v) is 3.98. The highest BCUT2D eigenvalue weighted by Crippen LogP contribution is 2.17. The number of unbranched alkanes of at least 4 members (excludes halogenated alkanes) is 13. The number of carbonyl (C=O) groups excluding carboxylic acids is 1. The van der Waals surface area contributed by atoms with E-state index >= 15 is 0 Å². The molecule has 0 bridgehead atoms. The van der Waals surface area contributed by atoms with Crippen LogP contribution in [0.5, 0.6) is 0 Å². The van der Waals surface area contributed by atoms with Crippen molar-refractivity contribution in [3.05, 3.63) is 12.2 Å². The number of rotatable bonds is 24. The van der Waals surface area contributed by atoms with Gasteiger partial charge in [-0.15, -0.1) is 0 Å². The minimum absolute atomic E-state index is 0.0363. The average molecular weight is 453 g/mol. The van der Waals surface area contributed by atoms with E-state index in [0.29, 0.717) is 6.42 Å². The quantitative estimate of drug-likeness (QED) is 0.0902. The summed E-state index contributed by atoms with van der Waals surface area (Å²) in [6.45, 7) is 4.27. The molecule has 1 atom stereocenters. The van der Waals surface area contributed by atoms with Gasteiger partial charge in [-0.1, -0.05) is 90.2 Å². The number of carboxylic acids is 1. The average Bonchev–Trinajstić information content (AvgIpc) is 2.76. The lowest BCUT2D eigenvalue weighted by atomic mass is 10.0.